The van der Waals surface area contributed by atoms with E-state index in [1.807, 2.05) is 24.3 Å². The van der Waals surface area contributed by atoms with Gasteiger partial charge in [-0.15, -0.1) is 11.6 Å². The lowest BCUT2D eigenvalue weighted by atomic mass is 10.2. The highest BCUT2D eigenvalue weighted by Crippen LogP contribution is 2.18. The molecular formula is C14H11ClO2S. The van der Waals surface area contributed by atoms with Gasteiger partial charge in [0.1, 0.15) is 11.5 Å². The van der Waals surface area contributed by atoms with Gasteiger partial charge >= 0.3 is 0 Å². The number of benzene rings is 2. The fraction of sp³-hybridized carbons (Fsp3) is 0.0714. The summed E-state index contributed by atoms with van der Waals surface area (Å²) < 4.78 is 5.52. The van der Waals surface area contributed by atoms with Crippen molar-refractivity contribution in [2.24, 2.45) is 0 Å². The minimum Gasteiger partial charge on any atom is -0.508 e. The maximum atomic E-state index is 9.16. The van der Waals surface area contributed by atoms with Crippen LogP contribution in [0.3, 0.4) is 0 Å². The van der Waals surface area contributed by atoms with Gasteiger partial charge in [0.15, 0.2) is 5.05 Å². The van der Waals surface area contributed by atoms with Crippen molar-refractivity contribution in [2.45, 2.75) is 5.88 Å². The van der Waals surface area contributed by atoms with Crippen LogP contribution in [0.15, 0.2) is 48.5 Å². The third kappa shape index (κ3) is 3.22. The van der Waals surface area contributed by atoms with E-state index in [9.17, 15) is 0 Å². The number of halogens is 1. The normalized spacial score (nSPS) is 10.1. The summed E-state index contributed by atoms with van der Waals surface area (Å²) in [6.07, 6.45) is 0. The van der Waals surface area contributed by atoms with Gasteiger partial charge in [-0.05, 0) is 42.0 Å². The summed E-state index contributed by atoms with van der Waals surface area (Å²) in [4.78, 5) is 0. The van der Waals surface area contributed by atoms with Crippen molar-refractivity contribution >= 4 is 28.9 Å². The number of rotatable bonds is 3. The van der Waals surface area contributed by atoms with Crippen LogP contribution in [0.1, 0.15) is 11.1 Å². The Labute approximate surface area is 116 Å². The first-order valence-corrected chi connectivity index (χ1v) is 6.29. The van der Waals surface area contributed by atoms with Gasteiger partial charge in [0.25, 0.3) is 0 Å². The summed E-state index contributed by atoms with van der Waals surface area (Å²) in [7, 11) is 0. The van der Waals surface area contributed by atoms with Crippen molar-refractivity contribution < 1.29 is 9.84 Å². The van der Waals surface area contributed by atoms with E-state index in [1.165, 1.54) is 0 Å². The highest BCUT2D eigenvalue weighted by atomic mass is 35.5. The van der Waals surface area contributed by atoms with Crippen LogP contribution in [-0.2, 0) is 5.88 Å². The largest absolute Gasteiger partial charge is 0.508 e. The van der Waals surface area contributed by atoms with Gasteiger partial charge < -0.3 is 9.84 Å². The van der Waals surface area contributed by atoms with Gasteiger partial charge in [-0.1, -0.05) is 24.3 Å². The van der Waals surface area contributed by atoms with Crippen molar-refractivity contribution in [3.05, 3.63) is 59.7 Å². The highest BCUT2D eigenvalue weighted by molar-refractivity contribution is 7.80. The molecule has 0 heterocycles. The zero-order chi connectivity index (χ0) is 13.0. The summed E-state index contributed by atoms with van der Waals surface area (Å²) in [6, 6.07) is 14.0. The zero-order valence-corrected chi connectivity index (χ0v) is 11.0. The Balaban J connectivity index is 2.09. The standard InChI is InChI=1S/C14H11ClO2S/c15-9-10-1-3-11(4-2-10)14(18)17-13-7-5-12(16)6-8-13/h1-8,16H,9H2. The Morgan fingerprint density at radius 1 is 1.06 bits per heavy atom. The predicted octanol–water partition coefficient (Wildman–Crippen LogP) is 3.89. The van der Waals surface area contributed by atoms with Gasteiger partial charge in [0.05, 0.1) is 0 Å². The number of hydrogen-bond donors (Lipinski definition) is 1. The quantitative estimate of drug-likeness (QED) is 0.682. The molecule has 0 saturated carbocycles. The second-order valence-corrected chi connectivity index (χ2v) is 4.35. The highest BCUT2D eigenvalue weighted by Gasteiger charge is 2.04. The molecule has 0 aliphatic carbocycles. The molecule has 2 rings (SSSR count). The number of aromatic hydroxyl groups is 1. The Morgan fingerprint density at radius 2 is 1.67 bits per heavy atom. The lowest BCUT2D eigenvalue weighted by Gasteiger charge is -2.07. The topological polar surface area (TPSA) is 29.5 Å². The number of phenolic OH excluding ortho intramolecular Hbond substituents is 1. The number of ether oxygens (including phenoxy) is 1. The number of phenols is 1. The van der Waals surface area contributed by atoms with E-state index in [4.69, 9.17) is 33.7 Å². The van der Waals surface area contributed by atoms with Gasteiger partial charge in [0.2, 0.25) is 0 Å². The molecule has 0 atom stereocenters. The van der Waals surface area contributed by atoms with Gasteiger partial charge in [0, 0.05) is 11.4 Å². The molecule has 0 bridgehead atoms. The molecule has 0 fully saturated rings. The van der Waals surface area contributed by atoms with Crippen LogP contribution in [0.5, 0.6) is 11.5 Å². The molecule has 0 unspecified atom stereocenters. The zero-order valence-electron chi connectivity index (χ0n) is 9.47. The summed E-state index contributed by atoms with van der Waals surface area (Å²) in [6.45, 7) is 0. The molecular weight excluding hydrogens is 268 g/mol. The average molecular weight is 279 g/mol. The van der Waals surface area contributed by atoms with Gasteiger partial charge in [-0.3, -0.25) is 0 Å². The molecule has 0 amide bonds. The molecule has 0 aliphatic heterocycles. The first-order chi connectivity index (χ1) is 8.69. The summed E-state index contributed by atoms with van der Waals surface area (Å²) in [5, 5.41) is 9.56. The summed E-state index contributed by atoms with van der Waals surface area (Å²) in [5.74, 6) is 1.27. The molecule has 18 heavy (non-hydrogen) atoms. The minimum absolute atomic E-state index is 0.194. The fourth-order valence-corrected chi connectivity index (χ4v) is 1.82. The van der Waals surface area contributed by atoms with E-state index in [0.717, 1.165) is 11.1 Å². The molecule has 2 aromatic rings. The van der Waals surface area contributed by atoms with Crippen LogP contribution in [0.25, 0.3) is 0 Å². The van der Waals surface area contributed by atoms with Crippen molar-refractivity contribution in [2.75, 3.05) is 0 Å². The third-order valence-corrected chi connectivity index (χ3v) is 3.02. The Morgan fingerprint density at radius 3 is 2.22 bits per heavy atom. The average Bonchev–Trinajstić information content (AvgIpc) is 2.41. The fourth-order valence-electron chi connectivity index (χ4n) is 1.41. The van der Waals surface area contributed by atoms with Crippen LogP contribution in [-0.4, -0.2) is 10.2 Å². The summed E-state index contributed by atoms with van der Waals surface area (Å²) >= 11 is 10.9. The van der Waals surface area contributed by atoms with Crippen LogP contribution in [0.2, 0.25) is 0 Å². The molecule has 0 aliphatic rings. The van der Waals surface area contributed by atoms with Gasteiger partial charge in [-0.2, -0.15) is 0 Å². The van der Waals surface area contributed by atoms with Crippen molar-refractivity contribution in [1.29, 1.82) is 0 Å². The molecule has 4 heteroatoms. The van der Waals surface area contributed by atoms with Crippen molar-refractivity contribution in [3.8, 4) is 11.5 Å². The molecule has 0 spiro atoms. The third-order valence-electron chi connectivity index (χ3n) is 2.39. The number of thiocarbonyl (C=S) groups is 1. The first kappa shape index (κ1) is 12.9. The summed E-state index contributed by atoms with van der Waals surface area (Å²) in [5.41, 5.74) is 1.86. The number of alkyl halides is 1. The Bertz CT molecular complexity index is 535. The van der Waals surface area contributed by atoms with E-state index in [0.29, 0.717) is 16.7 Å². The van der Waals surface area contributed by atoms with Crippen molar-refractivity contribution in [3.63, 3.8) is 0 Å². The van der Waals surface area contributed by atoms with Crippen LogP contribution < -0.4 is 4.74 Å². The monoisotopic (exact) mass is 278 g/mol. The van der Waals surface area contributed by atoms with E-state index in [2.05, 4.69) is 0 Å². The SMILES string of the molecule is Oc1ccc(OC(=S)c2ccc(CCl)cc2)cc1. The lowest BCUT2D eigenvalue weighted by Crippen LogP contribution is -2.06. The van der Waals surface area contributed by atoms with E-state index < -0.39 is 0 Å². The molecule has 1 N–H and O–H groups in total. The van der Waals surface area contributed by atoms with E-state index >= 15 is 0 Å². The smallest absolute Gasteiger partial charge is 0.198 e. The van der Waals surface area contributed by atoms with Gasteiger partial charge in [-0.25, -0.2) is 0 Å². The second-order valence-electron chi connectivity index (χ2n) is 3.71. The molecule has 0 saturated heterocycles. The Kier molecular flexibility index (Phi) is 4.18. The van der Waals surface area contributed by atoms with Crippen molar-refractivity contribution in [1.82, 2.24) is 0 Å². The van der Waals surface area contributed by atoms with Crippen LogP contribution in [0, 0.1) is 0 Å². The second kappa shape index (κ2) is 5.85. The number of hydrogen-bond acceptors (Lipinski definition) is 3. The van der Waals surface area contributed by atoms with E-state index in [-0.39, 0.29) is 5.75 Å². The minimum atomic E-state index is 0.194. The first-order valence-electron chi connectivity index (χ1n) is 5.35. The van der Waals surface area contributed by atoms with Crippen LogP contribution >= 0.6 is 23.8 Å². The lowest BCUT2D eigenvalue weighted by molar-refractivity contribution is 0.473. The molecule has 0 aromatic heterocycles. The maximum absolute atomic E-state index is 9.16. The molecule has 2 aromatic carbocycles. The van der Waals surface area contributed by atoms with Crippen LogP contribution in [0.4, 0.5) is 0 Å². The maximum Gasteiger partial charge on any atom is 0.198 e. The van der Waals surface area contributed by atoms with E-state index in [1.54, 1.807) is 24.3 Å². The predicted molar refractivity (Wildman–Crippen MR) is 76.4 cm³/mol. The molecule has 2 nitrogen and oxygen atoms in total. The molecule has 92 valence electrons. The molecule has 0 radical (unpaired) electrons. The Hall–Kier alpha value is -1.58.